The lowest BCUT2D eigenvalue weighted by Gasteiger charge is -2.57. The van der Waals surface area contributed by atoms with Crippen molar-refractivity contribution in [3.8, 4) is 0 Å². The van der Waals surface area contributed by atoms with Crippen LogP contribution in [0, 0.1) is 28.6 Å². The zero-order valence-corrected chi connectivity index (χ0v) is 13.7. The van der Waals surface area contributed by atoms with Crippen LogP contribution in [0.1, 0.15) is 58.3 Å². The van der Waals surface area contributed by atoms with Gasteiger partial charge in [0, 0.05) is 11.8 Å². The zero-order chi connectivity index (χ0) is 15.5. The zero-order valence-electron chi connectivity index (χ0n) is 13.7. The summed E-state index contributed by atoms with van der Waals surface area (Å²) in [5, 5.41) is 10.6. The fourth-order valence-electron chi connectivity index (χ4n) is 6.65. The van der Waals surface area contributed by atoms with Gasteiger partial charge in [0.1, 0.15) is 0 Å². The Bertz CT molecular complexity index is 548. The molecule has 6 atom stereocenters. The summed E-state index contributed by atoms with van der Waals surface area (Å²) in [5.74, 6) is 2.34. The van der Waals surface area contributed by atoms with Crippen molar-refractivity contribution in [1.82, 2.24) is 0 Å². The lowest BCUT2D eigenvalue weighted by Crippen LogP contribution is -2.51. The quantitative estimate of drug-likeness (QED) is 0.742. The van der Waals surface area contributed by atoms with Gasteiger partial charge in [-0.05, 0) is 74.2 Å². The van der Waals surface area contributed by atoms with Crippen molar-refractivity contribution in [3.05, 3.63) is 24.3 Å². The summed E-state index contributed by atoms with van der Waals surface area (Å²) in [5.41, 5.74) is 1.63. The number of fused-ring (bicyclic) bond motifs is 5. The standard InChI is InChI=1S/C20H28O2/c1-3-20-11-9-16-15(17(20)6-7-18(20)22)5-4-13-12-14(21)8-10-19(13,16)2/h3,12,15-18,22H,1,4-11H2,2H3/t15-,16+,17+,18+,19+,20+/m1/s1. The molecule has 0 spiro atoms. The minimum Gasteiger partial charge on any atom is -0.392 e. The van der Waals surface area contributed by atoms with Crippen LogP contribution >= 0.6 is 0 Å². The smallest absolute Gasteiger partial charge is 0.155 e. The first kappa shape index (κ1) is 14.7. The number of aliphatic hydroxyl groups excluding tert-OH is 1. The number of ketones is 1. The number of aliphatic hydroxyl groups is 1. The Kier molecular flexibility index (Phi) is 3.21. The predicted molar refractivity (Wildman–Crippen MR) is 87.2 cm³/mol. The molecule has 22 heavy (non-hydrogen) atoms. The summed E-state index contributed by atoms with van der Waals surface area (Å²) in [6.45, 7) is 6.51. The molecular weight excluding hydrogens is 272 g/mol. The maximum atomic E-state index is 11.8. The highest BCUT2D eigenvalue weighted by Gasteiger charge is 2.59. The molecule has 0 unspecified atom stereocenters. The maximum absolute atomic E-state index is 11.8. The van der Waals surface area contributed by atoms with Gasteiger partial charge in [-0.25, -0.2) is 0 Å². The van der Waals surface area contributed by atoms with E-state index >= 15 is 0 Å². The van der Waals surface area contributed by atoms with E-state index in [-0.39, 0.29) is 16.9 Å². The first-order chi connectivity index (χ1) is 10.5. The number of rotatable bonds is 1. The molecule has 4 aliphatic carbocycles. The molecular formula is C20H28O2. The molecule has 2 nitrogen and oxygen atoms in total. The van der Waals surface area contributed by atoms with Crippen LogP contribution in [0.5, 0.6) is 0 Å². The summed E-state index contributed by atoms with van der Waals surface area (Å²) in [6, 6.07) is 0. The average Bonchev–Trinajstić information content (AvgIpc) is 2.86. The summed E-state index contributed by atoms with van der Waals surface area (Å²) >= 11 is 0. The highest BCUT2D eigenvalue weighted by molar-refractivity contribution is 5.91. The molecule has 0 bridgehead atoms. The van der Waals surface area contributed by atoms with Crippen LogP contribution < -0.4 is 0 Å². The monoisotopic (exact) mass is 300 g/mol. The van der Waals surface area contributed by atoms with E-state index < -0.39 is 0 Å². The molecule has 0 radical (unpaired) electrons. The number of hydrogen-bond donors (Lipinski definition) is 1. The Morgan fingerprint density at radius 3 is 2.77 bits per heavy atom. The van der Waals surface area contributed by atoms with Crippen molar-refractivity contribution in [2.45, 2.75) is 64.4 Å². The lowest BCUT2D eigenvalue weighted by atomic mass is 9.47. The van der Waals surface area contributed by atoms with Gasteiger partial charge < -0.3 is 5.11 Å². The third kappa shape index (κ3) is 1.73. The molecule has 3 fully saturated rings. The van der Waals surface area contributed by atoms with Crippen molar-refractivity contribution in [1.29, 1.82) is 0 Å². The molecule has 3 saturated carbocycles. The molecule has 2 heteroatoms. The third-order valence-corrected chi connectivity index (χ3v) is 7.89. The minimum absolute atomic E-state index is 0.0246. The molecule has 0 heterocycles. The summed E-state index contributed by atoms with van der Waals surface area (Å²) in [6.07, 6.45) is 12.3. The van der Waals surface area contributed by atoms with E-state index in [2.05, 4.69) is 19.6 Å². The first-order valence-electron chi connectivity index (χ1n) is 9.07. The molecule has 0 aromatic rings. The van der Waals surface area contributed by atoms with Crippen molar-refractivity contribution >= 4 is 5.78 Å². The van der Waals surface area contributed by atoms with Gasteiger partial charge in [0.15, 0.2) is 5.78 Å². The van der Waals surface area contributed by atoms with Crippen LogP contribution in [0.15, 0.2) is 24.3 Å². The topological polar surface area (TPSA) is 37.3 Å². The minimum atomic E-state index is -0.186. The van der Waals surface area contributed by atoms with Gasteiger partial charge in [-0.3, -0.25) is 4.79 Å². The largest absolute Gasteiger partial charge is 0.392 e. The lowest BCUT2D eigenvalue weighted by molar-refractivity contribution is -0.117. The van der Waals surface area contributed by atoms with Gasteiger partial charge in [0.05, 0.1) is 6.10 Å². The number of hydrogen-bond acceptors (Lipinski definition) is 2. The van der Waals surface area contributed by atoms with Gasteiger partial charge in [-0.2, -0.15) is 0 Å². The van der Waals surface area contributed by atoms with Crippen LogP contribution in [0.3, 0.4) is 0 Å². The molecule has 4 aliphatic rings. The van der Waals surface area contributed by atoms with Crippen molar-refractivity contribution in [2.24, 2.45) is 28.6 Å². The fourth-order valence-corrected chi connectivity index (χ4v) is 6.65. The van der Waals surface area contributed by atoms with E-state index in [1.165, 1.54) is 18.4 Å². The Morgan fingerprint density at radius 2 is 2.00 bits per heavy atom. The van der Waals surface area contributed by atoms with Gasteiger partial charge >= 0.3 is 0 Å². The highest BCUT2D eigenvalue weighted by Crippen LogP contribution is 2.65. The van der Waals surface area contributed by atoms with E-state index in [0.717, 1.165) is 38.5 Å². The number of carbonyl (C=O) groups excluding carboxylic acids is 1. The van der Waals surface area contributed by atoms with E-state index in [1.807, 2.05) is 6.08 Å². The molecule has 120 valence electrons. The Hall–Kier alpha value is -0.890. The van der Waals surface area contributed by atoms with E-state index in [1.54, 1.807) is 0 Å². The predicted octanol–water partition coefficient (Wildman–Crippen LogP) is 4.05. The van der Waals surface area contributed by atoms with Gasteiger partial charge in [0.2, 0.25) is 0 Å². The second-order valence-electron chi connectivity index (χ2n) is 8.42. The molecule has 0 aromatic carbocycles. The van der Waals surface area contributed by atoms with Crippen LogP contribution in [-0.2, 0) is 4.79 Å². The van der Waals surface area contributed by atoms with Crippen molar-refractivity contribution in [2.75, 3.05) is 0 Å². The van der Waals surface area contributed by atoms with Crippen LogP contribution in [0.4, 0.5) is 0 Å². The Balaban J connectivity index is 1.70. The van der Waals surface area contributed by atoms with Gasteiger partial charge in [-0.1, -0.05) is 18.6 Å². The molecule has 0 amide bonds. The second-order valence-corrected chi connectivity index (χ2v) is 8.42. The summed E-state index contributed by atoms with van der Waals surface area (Å²) in [4.78, 5) is 11.8. The maximum Gasteiger partial charge on any atom is 0.155 e. The highest BCUT2D eigenvalue weighted by atomic mass is 16.3. The van der Waals surface area contributed by atoms with Crippen LogP contribution in [0.25, 0.3) is 0 Å². The molecule has 0 aromatic heterocycles. The van der Waals surface area contributed by atoms with E-state index in [4.69, 9.17) is 0 Å². The number of carbonyl (C=O) groups is 1. The van der Waals surface area contributed by atoms with E-state index in [9.17, 15) is 9.90 Å². The van der Waals surface area contributed by atoms with Crippen LogP contribution in [0.2, 0.25) is 0 Å². The first-order valence-corrected chi connectivity index (χ1v) is 9.07. The Morgan fingerprint density at radius 1 is 1.18 bits per heavy atom. The van der Waals surface area contributed by atoms with Crippen molar-refractivity contribution < 1.29 is 9.90 Å². The summed E-state index contributed by atoms with van der Waals surface area (Å²) < 4.78 is 0. The fraction of sp³-hybridized carbons (Fsp3) is 0.750. The number of allylic oxidation sites excluding steroid dienone is 1. The summed E-state index contributed by atoms with van der Waals surface area (Å²) in [7, 11) is 0. The van der Waals surface area contributed by atoms with E-state index in [0.29, 0.717) is 23.5 Å². The third-order valence-electron chi connectivity index (χ3n) is 7.89. The molecule has 0 saturated heterocycles. The normalized spacial score (nSPS) is 50.6. The van der Waals surface area contributed by atoms with Gasteiger partial charge in [-0.15, -0.1) is 6.58 Å². The van der Waals surface area contributed by atoms with Crippen molar-refractivity contribution in [3.63, 3.8) is 0 Å². The Labute approximate surface area is 133 Å². The molecule has 0 aliphatic heterocycles. The average molecular weight is 300 g/mol. The van der Waals surface area contributed by atoms with Gasteiger partial charge in [0.25, 0.3) is 0 Å². The molecule has 1 N–H and O–H groups in total. The van der Waals surface area contributed by atoms with Crippen LogP contribution in [-0.4, -0.2) is 17.0 Å². The SMILES string of the molecule is C=C[C@]12CC[C@H]3[C@@H](CCC4=CC(=O)CC[C@@]43C)[C@@H]1CC[C@@H]2O. The second kappa shape index (κ2) is 4.80. The molecule has 4 rings (SSSR count).